The number of carbonyl (C=O) groups excluding carboxylic acids is 2. The molecule has 0 aliphatic carbocycles. The molecular weight excluding hydrogens is 320 g/mol. The smallest absolute Gasteiger partial charge is 0.314 e. The Morgan fingerprint density at radius 1 is 1.28 bits per heavy atom. The van der Waals surface area contributed by atoms with Crippen LogP contribution in [-0.2, 0) is 11.3 Å². The summed E-state index contributed by atoms with van der Waals surface area (Å²) in [5, 5.41) is 4.99. The second-order valence-corrected chi connectivity index (χ2v) is 6.14. The maximum Gasteiger partial charge on any atom is 0.314 e. The van der Waals surface area contributed by atoms with Gasteiger partial charge in [0.05, 0.1) is 13.2 Å². The summed E-state index contributed by atoms with van der Waals surface area (Å²) in [7, 11) is 1.53. The first-order valence-corrected chi connectivity index (χ1v) is 8.73. The maximum atomic E-state index is 12.3. The molecule has 2 N–H and O–H groups in total. The molecule has 138 valence electrons. The highest BCUT2D eigenvalue weighted by molar-refractivity contribution is 5.84. The fourth-order valence-electron chi connectivity index (χ4n) is 3.06. The highest BCUT2D eigenvalue weighted by Gasteiger charge is 2.27. The predicted molar refractivity (Wildman–Crippen MR) is 96.5 cm³/mol. The summed E-state index contributed by atoms with van der Waals surface area (Å²) in [6.07, 6.45) is 0. The number of amides is 3. The zero-order chi connectivity index (χ0) is 18.2. The van der Waals surface area contributed by atoms with Gasteiger partial charge in [0.2, 0.25) is 5.91 Å². The van der Waals surface area contributed by atoms with Crippen LogP contribution in [0.4, 0.5) is 4.79 Å². The highest BCUT2D eigenvalue weighted by Crippen LogP contribution is 2.21. The average Bonchev–Trinajstić information content (AvgIpc) is 2.61. The molecule has 1 aromatic carbocycles. The van der Waals surface area contributed by atoms with E-state index in [9.17, 15) is 9.59 Å². The Labute approximate surface area is 149 Å². The Morgan fingerprint density at radius 3 is 2.72 bits per heavy atom. The Kier molecular flexibility index (Phi) is 7.06. The fourth-order valence-corrected chi connectivity index (χ4v) is 3.06. The third kappa shape index (κ3) is 5.35. The van der Waals surface area contributed by atoms with Crippen molar-refractivity contribution in [3.63, 3.8) is 0 Å². The molecule has 1 aliphatic heterocycles. The molecule has 0 spiro atoms. The summed E-state index contributed by atoms with van der Waals surface area (Å²) in [4.78, 5) is 27.7. The molecule has 1 unspecified atom stereocenters. The predicted octanol–water partition coefficient (Wildman–Crippen LogP) is 1.05. The molecule has 1 aromatic rings. The van der Waals surface area contributed by atoms with Crippen molar-refractivity contribution in [2.24, 2.45) is 0 Å². The first-order chi connectivity index (χ1) is 12.0. The van der Waals surface area contributed by atoms with Crippen molar-refractivity contribution in [3.8, 4) is 5.75 Å². The van der Waals surface area contributed by atoms with Crippen molar-refractivity contribution < 1.29 is 14.3 Å². The van der Waals surface area contributed by atoms with Gasteiger partial charge in [0.25, 0.3) is 0 Å². The molecule has 1 atom stereocenters. The molecule has 0 aromatic heterocycles. The molecular formula is C18H28N4O3. The molecule has 0 bridgehead atoms. The molecule has 2 rings (SSSR count). The molecule has 0 radical (unpaired) electrons. The van der Waals surface area contributed by atoms with Crippen LogP contribution in [0.3, 0.4) is 0 Å². The minimum atomic E-state index is -0.341. The summed E-state index contributed by atoms with van der Waals surface area (Å²) in [5.74, 6) is 0.872. The highest BCUT2D eigenvalue weighted by atomic mass is 16.5. The topological polar surface area (TPSA) is 73.9 Å². The summed E-state index contributed by atoms with van der Waals surface area (Å²) in [5.41, 5.74) is 1.16. The normalized spacial score (nSPS) is 17.9. The van der Waals surface area contributed by atoms with Crippen molar-refractivity contribution >= 4 is 11.9 Å². The number of hydrogen-bond donors (Lipinski definition) is 2. The Hall–Kier alpha value is -2.28. The molecule has 1 saturated heterocycles. The van der Waals surface area contributed by atoms with Crippen LogP contribution in [0.25, 0.3) is 0 Å². The van der Waals surface area contributed by atoms with Crippen LogP contribution in [-0.4, -0.2) is 67.6 Å². The lowest BCUT2D eigenvalue weighted by atomic mass is 10.1. The Balaban J connectivity index is 1.89. The number of ether oxygens (including phenoxy) is 1. The van der Waals surface area contributed by atoms with E-state index >= 15 is 0 Å². The van der Waals surface area contributed by atoms with Gasteiger partial charge in [0, 0.05) is 44.8 Å². The van der Waals surface area contributed by atoms with E-state index in [1.165, 1.54) is 7.05 Å². The van der Waals surface area contributed by atoms with Gasteiger partial charge in [-0.1, -0.05) is 18.2 Å². The molecule has 3 amide bonds. The van der Waals surface area contributed by atoms with Gasteiger partial charge in [-0.2, -0.15) is 0 Å². The number of nitrogens with one attached hydrogen (secondary N) is 2. The first kappa shape index (κ1) is 19.1. The van der Waals surface area contributed by atoms with Gasteiger partial charge in [-0.3, -0.25) is 9.69 Å². The molecule has 1 heterocycles. The van der Waals surface area contributed by atoms with E-state index in [4.69, 9.17) is 4.74 Å². The molecule has 1 fully saturated rings. The van der Waals surface area contributed by atoms with Gasteiger partial charge in [0.1, 0.15) is 5.75 Å². The fraction of sp³-hybridized carbons (Fsp3) is 0.556. The first-order valence-electron chi connectivity index (χ1n) is 8.73. The van der Waals surface area contributed by atoms with Crippen LogP contribution in [0.2, 0.25) is 0 Å². The largest absolute Gasteiger partial charge is 0.494 e. The lowest BCUT2D eigenvalue weighted by Gasteiger charge is -2.40. The van der Waals surface area contributed by atoms with Crippen LogP contribution in [0.15, 0.2) is 24.3 Å². The van der Waals surface area contributed by atoms with Crippen molar-refractivity contribution in [1.29, 1.82) is 0 Å². The lowest BCUT2D eigenvalue weighted by Crippen LogP contribution is -2.55. The molecule has 25 heavy (non-hydrogen) atoms. The Morgan fingerprint density at radius 2 is 2.04 bits per heavy atom. The van der Waals surface area contributed by atoms with Crippen molar-refractivity contribution in [2.75, 3.05) is 39.8 Å². The van der Waals surface area contributed by atoms with Gasteiger partial charge >= 0.3 is 6.03 Å². The number of nitrogens with zero attached hydrogens (tertiary/aromatic N) is 2. The number of urea groups is 1. The van der Waals surface area contributed by atoms with E-state index in [2.05, 4.69) is 21.6 Å². The number of hydrogen-bond acceptors (Lipinski definition) is 4. The second kappa shape index (κ2) is 9.27. The third-order valence-corrected chi connectivity index (χ3v) is 4.33. The third-order valence-electron chi connectivity index (χ3n) is 4.33. The standard InChI is InChI=1S/C18H28N4O3/c1-4-25-16-8-6-5-7-15(16)13-21-9-10-22(14(2)12-21)17(23)11-20-18(24)19-3/h5-8,14H,4,9-13H2,1-3H3,(H2,19,20,24). The number of benzene rings is 1. The summed E-state index contributed by atoms with van der Waals surface area (Å²) < 4.78 is 5.69. The maximum absolute atomic E-state index is 12.3. The van der Waals surface area contributed by atoms with Gasteiger partial charge in [-0.05, 0) is 19.9 Å². The molecule has 0 saturated carbocycles. The Bertz CT molecular complexity index is 593. The minimum absolute atomic E-state index is 0.0250. The lowest BCUT2D eigenvalue weighted by molar-refractivity contribution is -0.134. The summed E-state index contributed by atoms with van der Waals surface area (Å²) in [6.45, 7) is 7.76. The van der Waals surface area contributed by atoms with Gasteiger partial charge in [-0.25, -0.2) is 4.79 Å². The number of piperazine rings is 1. The molecule has 1 aliphatic rings. The zero-order valence-corrected chi connectivity index (χ0v) is 15.2. The SMILES string of the molecule is CCOc1ccccc1CN1CCN(C(=O)CNC(=O)NC)C(C)C1. The van der Waals surface area contributed by atoms with E-state index < -0.39 is 0 Å². The number of carbonyl (C=O) groups is 2. The zero-order valence-electron chi connectivity index (χ0n) is 15.2. The van der Waals surface area contributed by atoms with E-state index in [-0.39, 0.29) is 24.5 Å². The number of para-hydroxylation sites is 1. The van der Waals surface area contributed by atoms with Crippen LogP contribution in [0, 0.1) is 0 Å². The molecule has 7 nitrogen and oxygen atoms in total. The van der Waals surface area contributed by atoms with Crippen LogP contribution >= 0.6 is 0 Å². The van der Waals surface area contributed by atoms with E-state index in [1.807, 2.05) is 36.9 Å². The van der Waals surface area contributed by atoms with E-state index in [0.29, 0.717) is 13.2 Å². The second-order valence-electron chi connectivity index (χ2n) is 6.14. The van der Waals surface area contributed by atoms with Crippen molar-refractivity contribution in [1.82, 2.24) is 20.4 Å². The van der Waals surface area contributed by atoms with E-state index in [1.54, 1.807) is 0 Å². The summed E-state index contributed by atoms with van der Waals surface area (Å²) in [6, 6.07) is 7.84. The van der Waals surface area contributed by atoms with Crippen LogP contribution < -0.4 is 15.4 Å². The van der Waals surface area contributed by atoms with Gasteiger partial charge < -0.3 is 20.3 Å². The average molecular weight is 348 g/mol. The van der Waals surface area contributed by atoms with Crippen molar-refractivity contribution in [2.45, 2.75) is 26.4 Å². The molecule has 7 heteroatoms. The van der Waals surface area contributed by atoms with Crippen LogP contribution in [0.5, 0.6) is 5.75 Å². The minimum Gasteiger partial charge on any atom is -0.494 e. The van der Waals surface area contributed by atoms with Crippen LogP contribution in [0.1, 0.15) is 19.4 Å². The van der Waals surface area contributed by atoms with Crippen molar-refractivity contribution in [3.05, 3.63) is 29.8 Å². The monoisotopic (exact) mass is 348 g/mol. The quantitative estimate of drug-likeness (QED) is 0.806. The number of rotatable bonds is 6. The van der Waals surface area contributed by atoms with Gasteiger partial charge in [-0.15, -0.1) is 0 Å². The van der Waals surface area contributed by atoms with E-state index in [0.717, 1.165) is 30.9 Å². The van der Waals surface area contributed by atoms with Gasteiger partial charge in [0.15, 0.2) is 0 Å². The summed E-state index contributed by atoms with van der Waals surface area (Å²) >= 11 is 0.